The van der Waals surface area contributed by atoms with Crippen molar-refractivity contribution in [1.29, 1.82) is 0 Å². The molecule has 1 N–H and O–H groups in total. The molecule has 2 heteroatoms. The van der Waals surface area contributed by atoms with Crippen molar-refractivity contribution in [3.8, 4) is 0 Å². The first-order chi connectivity index (χ1) is 5.39. The molecule has 0 spiro atoms. The largest absolute Gasteiger partial charge is 0.396 e. The zero-order chi connectivity index (χ0) is 9.78. The molecule has 2 nitrogen and oxygen atoms in total. The SMILES string of the molecule is CC(CCCO)C(=O)C(C)(C)C. The van der Waals surface area contributed by atoms with Gasteiger partial charge < -0.3 is 5.11 Å². The van der Waals surface area contributed by atoms with Gasteiger partial charge in [-0.15, -0.1) is 0 Å². The fourth-order valence-corrected chi connectivity index (χ4v) is 1.27. The highest BCUT2D eigenvalue weighted by atomic mass is 16.2. The maximum absolute atomic E-state index is 11.6. The number of rotatable bonds is 4. The normalized spacial score (nSPS) is 14.4. The minimum Gasteiger partial charge on any atom is -0.396 e. The molecule has 0 rings (SSSR count). The second-order valence-corrected chi connectivity index (χ2v) is 4.38. The molecule has 0 aromatic heterocycles. The first kappa shape index (κ1) is 11.6. The molecule has 0 radical (unpaired) electrons. The molecular weight excluding hydrogens is 152 g/mol. The Hall–Kier alpha value is -0.370. The number of aliphatic hydroxyl groups is 1. The van der Waals surface area contributed by atoms with E-state index < -0.39 is 0 Å². The maximum atomic E-state index is 11.6. The van der Waals surface area contributed by atoms with Gasteiger partial charge in [-0.05, 0) is 12.8 Å². The molecule has 0 saturated heterocycles. The first-order valence-corrected chi connectivity index (χ1v) is 4.54. The highest BCUT2D eigenvalue weighted by molar-refractivity contribution is 5.85. The predicted molar refractivity (Wildman–Crippen MR) is 49.9 cm³/mol. The zero-order valence-corrected chi connectivity index (χ0v) is 8.55. The van der Waals surface area contributed by atoms with E-state index in [9.17, 15) is 4.79 Å². The molecule has 1 atom stereocenters. The van der Waals surface area contributed by atoms with Gasteiger partial charge in [0.1, 0.15) is 5.78 Å². The number of Topliss-reactive ketones (excluding diaryl/α,β-unsaturated/α-hetero) is 1. The van der Waals surface area contributed by atoms with Gasteiger partial charge >= 0.3 is 0 Å². The number of carbonyl (C=O) groups is 1. The van der Waals surface area contributed by atoms with Gasteiger partial charge in [-0.1, -0.05) is 27.7 Å². The summed E-state index contributed by atoms with van der Waals surface area (Å²) in [4.78, 5) is 11.6. The van der Waals surface area contributed by atoms with E-state index in [1.807, 2.05) is 27.7 Å². The summed E-state index contributed by atoms with van der Waals surface area (Å²) in [6.45, 7) is 7.92. The summed E-state index contributed by atoms with van der Waals surface area (Å²) in [5, 5.41) is 8.59. The van der Waals surface area contributed by atoms with Crippen LogP contribution in [0.2, 0.25) is 0 Å². The summed E-state index contributed by atoms with van der Waals surface area (Å²) in [6.07, 6.45) is 1.52. The average molecular weight is 172 g/mol. The molecule has 0 aliphatic rings. The molecule has 0 aliphatic carbocycles. The molecule has 0 bridgehead atoms. The maximum Gasteiger partial charge on any atom is 0.140 e. The molecule has 12 heavy (non-hydrogen) atoms. The van der Waals surface area contributed by atoms with Crippen molar-refractivity contribution < 1.29 is 9.90 Å². The van der Waals surface area contributed by atoms with Crippen LogP contribution in [0, 0.1) is 11.3 Å². The third-order valence-corrected chi connectivity index (χ3v) is 1.98. The Labute approximate surface area is 75.0 Å². The number of ketones is 1. The van der Waals surface area contributed by atoms with Crippen LogP contribution in [0.5, 0.6) is 0 Å². The van der Waals surface area contributed by atoms with Gasteiger partial charge in [0.2, 0.25) is 0 Å². The monoisotopic (exact) mass is 172 g/mol. The van der Waals surface area contributed by atoms with Crippen molar-refractivity contribution >= 4 is 5.78 Å². The number of aliphatic hydroxyl groups excluding tert-OH is 1. The van der Waals surface area contributed by atoms with Crippen LogP contribution in [0.25, 0.3) is 0 Å². The lowest BCUT2D eigenvalue weighted by Crippen LogP contribution is -2.26. The van der Waals surface area contributed by atoms with E-state index >= 15 is 0 Å². The molecule has 0 heterocycles. The smallest absolute Gasteiger partial charge is 0.140 e. The molecule has 0 aromatic carbocycles. The number of hydrogen-bond donors (Lipinski definition) is 1. The van der Waals surface area contributed by atoms with Gasteiger partial charge in [-0.3, -0.25) is 4.79 Å². The van der Waals surface area contributed by atoms with Gasteiger partial charge in [0.15, 0.2) is 0 Å². The van der Waals surface area contributed by atoms with Gasteiger partial charge in [-0.2, -0.15) is 0 Å². The Balaban J connectivity index is 3.94. The lowest BCUT2D eigenvalue weighted by Gasteiger charge is -2.21. The van der Waals surface area contributed by atoms with Crippen LogP contribution < -0.4 is 0 Å². The van der Waals surface area contributed by atoms with E-state index in [0.29, 0.717) is 0 Å². The third kappa shape index (κ3) is 3.86. The average Bonchev–Trinajstić information content (AvgIpc) is 1.97. The third-order valence-electron chi connectivity index (χ3n) is 1.98. The summed E-state index contributed by atoms with van der Waals surface area (Å²) >= 11 is 0. The minimum absolute atomic E-state index is 0.0807. The molecule has 0 aromatic rings. The Morgan fingerprint density at radius 2 is 1.92 bits per heavy atom. The van der Waals surface area contributed by atoms with Crippen molar-refractivity contribution in [1.82, 2.24) is 0 Å². The summed E-state index contributed by atoms with van der Waals surface area (Å²) in [7, 11) is 0. The van der Waals surface area contributed by atoms with Crippen molar-refractivity contribution in [2.45, 2.75) is 40.5 Å². The topological polar surface area (TPSA) is 37.3 Å². The molecule has 72 valence electrons. The molecule has 0 aliphatic heterocycles. The second-order valence-electron chi connectivity index (χ2n) is 4.38. The fraction of sp³-hybridized carbons (Fsp3) is 0.900. The van der Waals surface area contributed by atoms with Gasteiger partial charge in [0, 0.05) is 17.9 Å². The van der Waals surface area contributed by atoms with Crippen LogP contribution in [0.4, 0.5) is 0 Å². The van der Waals surface area contributed by atoms with Crippen molar-refractivity contribution in [2.24, 2.45) is 11.3 Å². The van der Waals surface area contributed by atoms with Crippen molar-refractivity contribution in [3.05, 3.63) is 0 Å². The highest BCUT2D eigenvalue weighted by Crippen LogP contribution is 2.22. The summed E-state index contributed by atoms with van der Waals surface area (Å²) < 4.78 is 0. The summed E-state index contributed by atoms with van der Waals surface area (Å²) in [5.74, 6) is 0.369. The zero-order valence-electron chi connectivity index (χ0n) is 8.55. The van der Waals surface area contributed by atoms with Crippen LogP contribution in [-0.2, 0) is 4.79 Å². The minimum atomic E-state index is -0.241. The van der Waals surface area contributed by atoms with Crippen molar-refractivity contribution in [2.75, 3.05) is 6.61 Å². The summed E-state index contributed by atoms with van der Waals surface area (Å²) in [6, 6.07) is 0. The second kappa shape index (κ2) is 4.61. The first-order valence-electron chi connectivity index (χ1n) is 4.54. The van der Waals surface area contributed by atoms with E-state index in [1.165, 1.54) is 0 Å². The number of hydrogen-bond acceptors (Lipinski definition) is 2. The van der Waals surface area contributed by atoms with E-state index in [2.05, 4.69) is 0 Å². The van der Waals surface area contributed by atoms with E-state index in [0.717, 1.165) is 12.8 Å². The Kier molecular flexibility index (Phi) is 4.46. The molecule has 1 unspecified atom stereocenters. The van der Waals surface area contributed by atoms with Crippen LogP contribution >= 0.6 is 0 Å². The Bertz CT molecular complexity index is 144. The fourth-order valence-electron chi connectivity index (χ4n) is 1.27. The van der Waals surface area contributed by atoms with Crippen LogP contribution in [0.3, 0.4) is 0 Å². The highest BCUT2D eigenvalue weighted by Gasteiger charge is 2.25. The van der Waals surface area contributed by atoms with Gasteiger partial charge in [0.25, 0.3) is 0 Å². The molecule has 0 saturated carbocycles. The van der Waals surface area contributed by atoms with Crippen LogP contribution in [0.1, 0.15) is 40.5 Å². The lowest BCUT2D eigenvalue weighted by molar-refractivity contribution is -0.130. The van der Waals surface area contributed by atoms with E-state index in [4.69, 9.17) is 5.11 Å². The van der Waals surface area contributed by atoms with E-state index in [-0.39, 0.29) is 23.7 Å². The quantitative estimate of drug-likeness (QED) is 0.704. The number of carbonyl (C=O) groups excluding carboxylic acids is 1. The Morgan fingerprint density at radius 3 is 2.25 bits per heavy atom. The van der Waals surface area contributed by atoms with Gasteiger partial charge in [0.05, 0.1) is 0 Å². The molecule has 0 fully saturated rings. The summed E-state index contributed by atoms with van der Waals surface area (Å²) in [5.41, 5.74) is -0.241. The van der Waals surface area contributed by atoms with E-state index in [1.54, 1.807) is 0 Å². The molecule has 0 amide bonds. The van der Waals surface area contributed by atoms with Crippen molar-refractivity contribution in [3.63, 3.8) is 0 Å². The lowest BCUT2D eigenvalue weighted by atomic mass is 9.82. The van der Waals surface area contributed by atoms with Crippen LogP contribution in [-0.4, -0.2) is 17.5 Å². The van der Waals surface area contributed by atoms with Gasteiger partial charge in [-0.25, -0.2) is 0 Å². The van der Waals surface area contributed by atoms with Crippen LogP contribution in [0.15, 0.2) is 0 Å². The molecular formula is C10H20O2. The Morgan fingerprint density at radius 1 is 1.42 bits per heavy atom. The predicted octanol–water partition coefficient (Wildman–Crippen LogP) is 2.01. The standard InChI is InChI=1S/C10H20O2/c1-8(6-5-7-11)9(12)10(2,3)4/h8,11H,5-7H2,1-4H3.